The van der Waals surface area contributed by atoms with E-state index in [1.807, 2.05) is 30.3 Å². The summed E-state index contributed by atoms with van der Waals surface area (Å²) >= 11 is 0. The summed E-state index contributed by atoms with van der Waals surface area (Å²) in [4.78, 5) is 8.80. The van der Waals surface area contributed by atoms with E-state index in [-0.39, 0.29) is 6.04 Å². The Morgan fingerprint density at radius 1 is 0.771 bits per heavy atom. The molecule has 6 heteroatoms. The summed E-state index contributed by atoms with van der Waals surface area (Å²) in [6.45, 7) is 2.08. The van der Waals surface area contributed by atoms with Gasteiger partial charge >= 0.3 is 6.18 Å². The molecule has 1 aromatic heterocycles. The summed E-state index contributed by atoms with van der Waals surface area (Å²) in [5, 5.41) is 6.61. The van der Waals surface area contributed by atoms with E-state index < -0.39 is 11.7 Å². The summed E-state index contributed by atoms with van der Waals surface area (Å²) in [7, 11) is 0. The monoisotopic (exact) mass is 467 g/mol. The molecule has 0 saturated carbocycles. The van der Waals surface area contributed by atoms with Crippen molar-refractivity contribution >= 4 is 27.5 Å². The van der Waals surface area contributed by atoms with E-state index >= 15 is 0 Å². The van der Waals surface area contributed by atoms with E-state index in [2.05, 4.69) is 58.3 Å². The van der Waals surface area contributed by atoms with Gasteiger partial charge < -0.3 is 5.32 Å². The minimum absolute atomic E-state index is 0.0287. The molecule has 1 N–H and O–H groups in total. The Morgan fingerprint density at radius 2 is 1.51 bits per heavy atom. The largest absolute Gasteiger partial charge is 0.416 e. The number of hydrogen-bond acceptors (Lipinski definition) is 3. The molecule has 0 spiro atoms. The fourth-order valence-electron chi connectivity index (χ4n) is 4.08. The van der Waals surface area contributed by atoms with Crippen molar-refractivity contribution in [1.82, 2.24) is 9.97 Å². The van der Waals surface area contributed by atoms with Crippen LogP contribution in [0.15, 0.2) is 91.3 Å². The molecular weight excluding hydrogens is 447 g/mol. The number of nitrogens with zero attached hydrogens (tertiary/aromatic N) is 2. The Hall–Kier alpha value is -4.37. The Bertz CT molecular complexity index is 1590. The summed E-state index contributed by atoms with van der Waals surface area (Å²) in [6.07, 6.45) is -2.90. The van der Waals surface area contributed by atoms with Crippen LogP contribution < -0.4 is 5.32 Å². The van der Waals surface area contributed by atoms with Crippen molar-refractivity contribution in [2.24, 2.45) is 0 Å². The van der Waals surface area contributed by atoms with Crippen molar-refractivity contribution in [3.8, 4) is 11.8 Å². The number of benzene rings is 4. The Balaban J connectivity index is 1.47. The van der Waals surface area contributed by atoms with Crippen LogP contribution in [0.25, 0.3) is 21.7 Å². The first kappa shape index (κ1) is 22.4. The lowest BCUT2D eigenvalue weighted by atomic mass is 9.99. The molecule has 5 rings (SSSR count). The van der Waals surface area contributed by atoms with Gasteiger partial charge in [-0.3, -0.25) is 0 Å². The normalized spacial score (nSPS) is 12.2. The molecule has 0 aliphatic carbocycles. The van der Waals surface area contributed by atoms with Crippen LogP contribution in [-0.2, 0) is 6.18 Å². The molecular formula is C29H20F3N3. The molecule has 0 bridgehead atoms. The van der Waals surface area contributed by atoms with Gasteiger partial charge in [0.2, 0.25) is 0 Å². The molecule has 0 radical (unpaired) electrons. The molecule has 5 aromatic rings. The minimum Gasteiger partial charge on any atom is -0.363 e. The highest BCUT2D eigenvalue weighted by Crippen LogP contribution is 2.30. The third-order valence-corrected chi connectivity index (χ3v) is 5.82. The summed E-state index contributed by atoms with van der Waals surface area (Å²) in [5.74, 6) is 6.47. The number of anilines is 1. The van der Waals surface area contributed by atoms with Crippen LogP contribution in [0.1, 0.15) is 35.2 Å². The maximum absolute atomic E-state index is 13.0. The number of alkyl halides is 3. The van der Waals surface area contributed by atoms with Crippen LogP contribution in [0, 0.1) is 11.8 Å². The fraction of sp³-hybridized carbons (Fsp3) is 0.103. The maximum Gasteiger partial charge on any atom is 0.416 e. The first-order chi connectivity index (χ1) is 16.9. The van der Waals surface area contributed by atoms with Gasteiger partial charge in [-0.2, -0.15) is 13.2 Å². The van der Waals surface area contributed by atoms with E-state index in [1.165, 1.54) is 23.2 Å². The zero-order valence-corrected chi connectivity index (χ0v) is 18.8. The van der Waals surface area contributed by atoms with Gasteiger partial charge in [-0.25, -0.2) is 9.97 Å². The molecule has 172 valence electrons. The van der Waals surface area contributed by atoms with E-state index in [4.69, 9.17) is 0 Å². The number of fused-ring (bicyclic) bond motifs is 2. The van der Waals surface area contributed by atoms with Crippen LogP contribution in [-0.4, -0.2) is 9.97 Å². The van der Waals surface area contributed by atoms with Gasteiger partial charge in [-0.15, -0.1) is 0 Å². The molecule has 0 aliphatic heterocycles. The van der Waals surface area contributed by atoms with Crippen molar-refractivity contribution in [2.45, 2.75) is 19.1 Å². The van der Waals surface area contributed by atoms with Crippen molar-refractivity contribution in [1.29, 1.82) is 0 Å². The highest BCUT2D eigenvalue weighted by molar-refractivity contribution is 5.91. The zero-order valence-electron chi connectivity index (χ0n) is 18.8. The average molecular weight is 467 g/mol. The number of halogens is 3. The molecule has 1 atom stereocenters. The predicted molar refractivity (Wildman–Crippen MR) is 133 cm³/mol. The smallest absolute Gasteiger partial charge is 0.363 e. The van der Waals surface area contributed by atoms with Gasteiger partial charge in [-0.05, 0) is 59.7 Å². The van der Waals surface area contributed by atoms with Gasteiger partial charge in [0.1, 0.15) is 12.1 Å². The van der Waals surface area contributed by atoms with Crippen molar-refractivity contribution in [2.75, 3.05) is 5.32 Å². The van der Waals surface area contributed by atoms with Crippen LogP contribution >= 0.6 is 0 Å². The molecule has 0 fully saturated rings. The lowest BCUT2D eigenvalue weighted by Crippen LogP contribution is -2.09. The second kappa shape index (κ2) is 9.11. The van der Waals surface area contributed by atoms with Gasteiger partial charge in [0.05, 0.1) is 17.1 Å². The summed E-state index contributed by atoms with van der Waals surface area (Å²) in [5.41, 5.74) is 2.13. The molecule has 35 heavy (non-hydrogen) atoms. The second-order valence-electron chi connectivity index (χ2n) is 8.22. The third-order valence-electron chi connectivity index (χ3n) is 5.82. The lowest BCUT2D eigenvalue weighted by molar-refractivity contribution is -0.137. The van der Waals surface area contributed by atoms with E-state index in [1.54, 1.807) is 12.1 Å². The molecule has 4 aromatic carbocycles. The third kappa shape index (κ3) is 4.80. The standard InChI is InChI=1S/C29H20F3N3/c1-19(24-11-5-8-22-7-2-3-10-25(22)24)35-28-26-17-21(14-15-27(26)33-18-34-28)13-12-20-6-4-9-23(16-20)29(30,31)32/h2-11,14-19H,1H3,(H,33,34,35)/t19-/m1/s1. The minimum atomic E-state index is -4.40. The summed E-state index contributed by atoms with van der Waals surface area (Å²) in [6, 6.07) is 24.9. The molecule has 0 aliphatic rings. The Morgan fingerprint density at radius 3 is 2.34 bits per heavy atom. The second-order valence-corrected chi connectivity index (χ2v) is 8.22. The zero-order chi connectivity index (χ0) is 24.4. The Kier molecular flexibility index (Phi) is 5.84. The van der Waals surface area contributed by atoms with Crippen LogP contribution in [0.3, 0.4) is 0 Å². The predicted octanol–water partition coefficient (Wildman–Crippen LogP) is 7.37. The van der Waals surface area contributed by atoms with Crippen LogP contribution in [0.2, 0.25) is 0 Å². The first-order valence-corrected chi connectivity index (χ1v) is 11.1. The van der Waals surface area contributed by atoms with Gasteiger partial charge in [0.25, 0.3) is 0 Å². The quantitative estimate of drug-likeness (QED) is 0.282. The number of aromatic nitrogens is 2. The van der Waals surface area contributed by atoms with E-state index in [0.29, 0.717) is 16.9 Å². The fourth-order valence-corrected chi connectivity index (χ4v) is 4.08. The van der Waals surface area contributed by atoms with Crippen LogP contribution in [0.5, 0.6) is 0 Å². The number of nitrogens with one attached hydrogen (secondary N) is 1. The molecule has 0 unspecified atom stereocenters. The van der Waals surface area contributed by atoms with Crippen molar-refractivity contribution < 1.29 is 13.2 Å². The highest BCUT2D eigenvalue weighted by atomic mass is 19.4. The maximum atomic E-state index is 13.0. The average Bonchev–Trinajstić information content (AvgIpc) is 2.87. The van der Waals surface area contributed by atoms with Gasteiger partial charge in [0, 0.05) is 16.5 Å². The van der Waals surface area contributed by atoms with Gasteiger partial charge in [-0.1, -0.05) is 60.4 Å². The molecule has 0 saturated heterocycles. The number of hydrogen-bond donors (Lipinski definition) is 1. The van der Waals surface area contributed by atoms with E-state index in [0.717, 1.165) is 28.6 Å². The van der Waals surface area contributed by atoms with Crippen molar-refractivity contribution in [3.05, 3.63) is 114 Å². The lowest BCUT2D eigenvalue weighted by Gasteiger charge is -2.18. The molecule has 1 heterocycles. The molecule has 3 nitrogen and oxygen atoms in total. The topological polar surface area (TPSA) is 37.8 Å². The first-order valence-electron chi connectivity index (χ1n) is 11.1. The summed E-state index contributed by atoms with van der Waals surface area (Å²) < 4.78 is 39.0. The van der Waals surface area contributed by atoms with E-state index in [9.17, 15) is 13.2 Å². The number of rotatable bonds is 3. The SMILES string of the molecule is C[C@@H](Nc1ncnc2ccc(C#Cc3cccc(C(F)(F)F)c3)cc12)c1cccc2ccccc12. The van der Waals surface area contributed by atoms with Gasteiger partial charge in [0.15, 0.2) is 0 Å². The Labute approximate surface area is 200 Å². The highest BCUT2D eigenvalue weighted by Gasteiger charge is 2.30. The molecule has 0 amide bonds. The van der Waals surface area contributed by atoms with Crippen molar-refractivity contribution in [3.63, 3.8) is 0 Å². The van der Waals surface area contributed by atoms with Crippen LogP contribution in [0.4, 0.5) is 19.0 Å².